The lowest BCUT2D eigenvalue weighted by molar-refractivity contribution is 0.0775. The van der Waals surface area contributed by atoms with Crippen molar-refractivity contribution in [2.75, 3.05) is 25.5 Å². The molecular formula is C16H25FN2O. The molecule has 0 radical (unpaired) electrons. The Kier molecular flexibility index (Phi) is 6.49. The molecule has 0 aromatic heterocycles. The molecule has 0 saturated heterocycles. The molecule has 0 aliphatic carbocycles. The van der Waals surface area contributed by atoms with Gasteiger partial charge >= 0.3 is 0 Å². The molecule has 3 nitrogen and oxygen atoms in total. The molecule has 1 aromatic carbocycles. The lowest BCUT2D eigenvalue weighted by Crippen LogP contribution is -2.31. The zero-order valence-corrected chi connectivity index (χ0v) is 12.9. The van der Waals surface area contributed by atoms with E-state index in [-0.39, 0.29) is 11.7 Å². The molecule has 1 atom stereocenters. The van der Waals surface area contributed by atoms with E-state index in [0.717, 1.165) is 12.8 Å². The second-order valence-electron chi connectivity index (χ2n) is 5.29. The SMILES string of the molecule is CCCNc1c(F)cccc1C(=O)N(C)CC(C)CC. The second kappa shape index (κ2) is 7.88. The smallest absolute Gasteiger partial charge is 0.255 e. The van der Waals surface area contributed by atoms with Crippen molar-refractivity contribution in [3.63, 3.8) is 0 Å². The summed E-state index contributed by atoms with van der Waals surface area (Å²) in [5.41, 5.74) is 0.722. The van der Waals surface area contributed by atoms with Gasteiger partial charge in [0.2, 0.25) is 0 Å². The maximum atomic E-state index is 13.9. The van der Waals surface area contributed by atoms with E-state index in [0.29, 0.717) is 30.3 Å². The van der Waals surface area contributed by atoms with Gasteiger partial charge in [-0.1, -0.05) is 33.3 Å². The molecule has 1 N–H and O–H groups in total. The maximum Gasteiger partial charge on any atom is 0.255 e. The third-order valence-corrected chi connectivity index (χ3v) is 3.42. The van der Waals surface area contributed by atoms with E-state index in [4.69, 9.17) is 0 Å². The fraction of sp³-hybridized carbons (Fsp3) is 0.562. The van der Waals surface area contributed by atoms with Crippen LogP contribution in [0.1, 0.15) is 44.0 Å². The Morgan fingerprint density at radius 3 is 2.70 bits per heavy atom. The van der Waals surface area contributed by atoms with Crippen LogP contribution < -0.4 is 5.32 Å². The molecule has 1 aromatic rings. The van der Waals surface area contributed by atoms with Crippen LogP contribution >= 0.6 is 0 Å². The van der Waals surface area contributed by atoms with Gasteiger partial charge in [-0.25, -0.2) is 4.39 Å². The van der Waals surface area contributed by atoms with Crippen LogP contribution in [-0.4, -0.2) is 30.9 Å². The van der Waals surface area contributed by atoms with Crippen LogP contribution in [0.4, 0.5) is 10.1 Å². The molecule has 0 aliphatic rings. The number of carbonyl (C=O) groups excluding carboxylic acids is 1. The predicted octanol–water partition coefficient (Wildman–Crippen LogP) is 3.77. The van der Waals surface area contributed by atoms with Crippen LogP contribution in [0.5, 0.6) is 0 Å². The second-order valence-corrected chi connectivity index (χ2v) is 5.29. The van der Waals surface area contributed by atoms with Crippen LogP contribution in [0.15, 0.2) is 18.2 Å². The highest BCUT2D eigenvalue weighted by Crippen LogP contribution is 2.21. The normalized spacial score (nSPS) is 12.1. The predicted molar refractivity (Wildman–Crippen MR) is 81.6 cm³/mol. The van der Waals surface area contributed by atoms with Crippen LogP contribution in [0.2, 0.25) is 0 Å². The fourth-order valence-corrected chi connectivity index (χ4v) is 2.02. The molecule has 0 bridgehead atoms. The van der Waals surface area contributed by atoms with E-state index >= 15 is 0 Å². The number of hydrogen-bond acceptors (Lipinski definition) is 2. The van der Waals surface area contributed by atoms with Crippen LogP contribution in [0, 0.1) is 11.7 Å². The van der Waals surface area contributed by atoms with Crippen molar-refractivity contribution >= 4 is 11.6 Å². The average molecular weight is 280 g/mol. The highest BCUT2D eigenvalue weighted by Gasteiger charge is 2.19. The number of carbonyl (C=O) groups is 1. The maximum absolute atomic E-state index is 13.9. The summed E-state index contributed by atoms with van der Waals surface area (Å²) in [4.78, 5) is 14.1. The summed E-state index contributed by atoms with van der Waals surface area (Å²) < 4.78 is 13.9. The number of nitrogens with zero attached hydrogens (tertiary/aromatic N) is 1. The quantitative estimate of drug-likeness (QED) is 0.824. The molecule has 1 rings (SSSR count). The first-order valence-corrected chi connectivity index (χ1v) is 7.29. The van der Waals surface area contributed by atoms with Gasteiger partial charge in [0.25, 0.3) is 5.91 Å². The summed E-state index contributed by atoms with van der Waals surface area (Å²) in [5.74, 6) is -0.0748. The highest BCUT2D eigenvalue weighted by atomic mass is 19.1. The van der Waals surface area contributed by atoms with E-state index in [1.165, 1.54) is 6.07 Å². The van der Waals surface area contributed by atoms with Gasteiger partial charge in [-0.05, 0) is 24.5 Å². The standard InChI is InChI=1S/C16H25FN2O/c1-5-10-18-15-13(8-7-9-14(15)17)16(20)19(4)11-12(3)6-2/h7-9,12,18H,5-6,10-11H2,1-4H3. The number of anilines is 1. The lowest BCUT2D eigenvalue weighted by Gasteiger charge is -2.22. The Balaban J connectivity index is 2.94. The molecule has 1 amide bonds. The van der Waals surface area contributed by atoms with Crippen molar-refractivity contribution in [1.82, 2.24) is 4.90 Å². The van der Waals surface area contributed by atoms with Crippen molar-refractivity contribution < 1.29 is 9.18 Å². The van der Waals surface area contributed by atoms with E-state index < -0.39 is 0 Å². The van der Waals surface area contributed by atoms with E-state index in [1.807, 2.05) is 6.92 Å². The largest absolute Gasteiger partial charge is 0.382 e. The molecule has 1 unspecified atom stereocenters. The van der Waals surface area contributed by atoms with Gasteiger partial charge in [-0.15, -0.1) is 0 Å². The topological polar surface area (TPSA) is 32.3 Å². The summed E-state index contributed by atoms with van der Waals surface area (Å²) >= 11 is 0. The van der Waals surface area contributed by atoms with Gasteiger partial charge in [0, 0.05) is 20.1 Å². The number of amides is 1. The number of benzene rings is 1. The third-order valence-electron chi connectivity index (χ3n) is 3.42. The Labute approximate surface area is 121 Å². The lowest BCUT2D eigenvalue weighted by atomic mass is 10.1. The summed E-state index contributed by atoms with van der Waals surface area (Å²) in [6.07, 6.45) is 1.90. The highest BCUT2D eigenvalue weighted by molar-refractivity contribution is 5.99. The monoisotopic (exact) mass is 280 g/mol. The zero-order chi connectivity index (χ0) is 15.1. The minimum absolute atomic E-state index is 0.136. The van der Waals surface area contributed by atoms with Crippen molar-refractivity contribution in [2.45, 2.75) is 33.6 Å². The van der Waals surface area contributed by atoms with Gasteiger partial charge in [0.15, 0.2) is 0 Å². The first-order valence-electron chi connectivity index (χ1n) is 7.29. The van der Waals surface area contributed by atoms with Crippen LogP contribution in [-0.2, 0) is 0 Å². The first-order chi connectivity index (χ1) is 9.51. The van der Waals surface area contributed by atoms with Gasteiger partial charge in [-0.3, -0.25) is 4.79 Å². The molecule has 0 spiro atoms. The molecule has 4 heteroatoms. The summed E-state index contributed by atoms with van der Waals surface area (Å²) in [6.45, 7) is 7.53. The van der Waals surface area contributed by atoms with Crippen molar-refractivity contribution in [2.24, 2.45) is 5.92 Å². The van der Waals surface area contributed by atoms with E-state index in [9.17, 15) is 9.18 Å². The van der Waals surface area contributed by atoms with Gasteiger partial charge in [0.1, 0.15) is 5.82 Å². The van der Waals surface area contributed by atoms with Gasteiger partial charge < -0.3 is 10.2 Å². The first kappa shape index (κ1) is 16.5. The Morgan fingerprint density at radius 2 is 2.10 bits per heavy atom. The summed E-state index contributed by atoms with van der Waals surface area (Å²) in [7, 11) is 1.77. The minimum atomic E-state index is -0.374. The van der Waals surface area contributed by atoms with Crippen LogP contribution in [0.3, 0.4) is 0 Å². The number of hydrogen-bond donors (Lipinski definition) is 1. The molecule has 0 fully saturated rings. The Hall–Kier alpha value is -1.58. The third kappa shape index (κ3) is 4.22. The summed E-state index contributed by atoms with van der Waals surface area (Å²) in [6, 6.07) is 4.64. The van der Waals surface area contributed by atoms with Gasteiger partial charge in [0.05, 0.1) is 11.3 Å². The molecular weight excluding hydrogens is 255 g/mol. The Bertz CT molecular complexity index is 448. The molecule has 0 saturated carbocycles. The average Bonchev–Trinajstić information content (AvgIpc) is 2.44. The minimum Gasteiger partial charge on any atom is -0.382 e. The van der Waals surface area contributed by atoms with Crippen molar-refractivity contribution in [3.05, 3.63) is 29.6 Å². The summed E-state index contributed by atoms with van der Waals surface area (Å²) in [5, 5.41) is 3.01. The molecule has 112 valence electrons. The van der Waals surface area contributed by atoms with Crippen molar-refractivity contribution in [1.29, 1.82) is 0 Å². The van der Waals surface area contributed by atoms with Crippen molar-refractivity contribution in [3.8, 4) is 0 Å². The van der Waals surface area contributed by atoms with Crippen LogP contribution in [0.25, 0.3) is 0 Å². The zero-order valence-electron chi connectivity index (χ0n) is 12.9. The number of rotatable bonds is 7. The van der Waals surface area contributed by atoms with E-state index in [2.05, 4.69) is 19.2 Å². The number of para-hydroxylation sites is 1. The molecule has 20 heavy (non-hydrogen) atoms. The molecule has 0 heterocycles. The number of nitrogens with one attached hydrogen (secondary N) is 1. The Morgan fingerprint density at radius 1 is 1.40 bits per heavy atom. The fourth-order valence-electron chi connectivity index (χ4n) is 2.02. The van der Waals surface area contributed by atoms with Gasteiger partial charge in [-0.2, -0.15) is 0 Å². The number of halogens is 1. The van der Waals surface area contributed by atoms with E-state index in [1.54, 1.807) is 24.1 Å². The molecule has 0 aliphatic heterocycles.